The first kappa shape index (κ1) is 13.4. The van der Waals surface area contributed by atoms with Crippen molar-refractivity contribution in [2.45, 2.75) is 38.1 Å². The quantitative estimate of drug-likeness (QED) is 0.872. The SMILES string of the molecule is CC[C@H](N)C(=O)Nc1nc(C2CC2)cs1.Cl. The number of carbonyl (C=O) groups is 1. The van der Waals surface area contributed by atoms with Crippen molar-refractivity contribution in [2.24, 2.45) is 5.73 Å². The number of halogens is 1. The summed E-state index contributed by atoms with van der Waals surface area (Å²) in [5.41, 5.74) is 6.72. The van der Waals surface area contributed by atoms with E-state index in [9.17, 15) is 4.79 Å². The molecule has 1 aromatic heterocycles. The number of rotatable bonds is 4. The van der Waals surface area contributed by atoms with Gasteiger partial charge in [-0.2, -0.15) is 0 Å². The van der Waals surface area contributed by atoms with E-state index in [-0.39, 0.29) is 18.3 Å². The summed E-state index contributed by atoms with van der Waals surface area (Å²) < 4.78 is 0. The molecule has 1 aliphatic carbocycles. The molecule has 16 heavy (non-hydrogen) atoms. The molecule has 1 saturated carbocycles. The fourth-order valence-electron chi connectivity index (χ4n) is 1.29. The predicted molar refractivity (Wildman–Crippen MR) is 68.2 cm³/mol. The second-order valence-electron chi connectivity index (χ2n) is 3.86. The maximum atomic E-state index is 11.5. The van der Waals surface area contributed by atoms with E-state index in [1.54, 1.807) is 0 Å². The van der Waals surface area contributed by atoms with Crippen molar-refractivity contribution in [3.63, 3.8) is 0 Å². The smallest absolute Gasteiger partial charge is 0.243 e. The Morgan fingerprint density at radius 2 is 2.44 bits per heavy atom. The number of nitrogens with one attached hydrogen (secondary N) is 1. The number of thiazole rings is 1. The molecular formula is C10H16ClN3OS. The number of hydrogen-bond acceptors (Lipinski definition) is 4. The van der Waals surface area contributed by atoms with Crippen LogP contribution in [0.15, 0.2) is 5.38 Å². The molecular weight excluding hydrogens is 246 g/mol. The van der Waals surface area contributed by atoms with Gasteiger partial charge in [0.05, 0.1) is 11.7 Å². The standard InChI is InChI=1S/C10H15N3OS.ClH/c1-2-7(11)9(14)13-10-12-8(5-15-10)6-3-4-6;/h5-7H,2-4,11H2,1H3,(H,12,13,14);1H/t7-;/m0./s1. The van der Waals surface area contributed by atoms with Gasteiger partial charge in [-0.05, 0) is 19.3 Å². The summed E-state index contributed by atoms with van der Waals surface area (Å²) in [7, 11) is 0. The van der Waals surface area contributed by atoms with Gasteiger partial charge in [0.1, 0.15) is 0 Å². The first-order valence-corrected chi connectivity index (χ1v) is 6.10. The normalized spacial score (nSPS) is 16.4. The Hall–Kier alpha value is -0.650. The van der Waals surface area contributed by atoms with Crippen molar-refractivity contribution >= 4 is 34.8 Å². The van der Waals surface area contributed by atoms with Gasteiger partial charge in [-0.15, -0.1) is 23.7 Å². The van der Waals surface area contributed by atoms with Crippen LogP contribution in [0.5, 0.6) is 0 Å². The van der Waals surface area contributed by atoms with Crippen LogP contribution >= 0.6 is 23.7 Å². The van der Waals surface area contributed by atoms with E-state index in [1.165, 1.54) is 24.2 Å². The van der Waals surface area contributed by atoms with E-state index in [1.807, 2.05) is 12.3 Å². The minimum Gasteiger partial charge on any atom is -0.320 e. The lowest BCUT2D eigenvalue weighted by molar-refractivity contribution is -0.117. The molecule has 0 unspecified atom stereocenters. The van der Waals surface area contributed by atoms with Crippen LogP contribution in [0.25, 0.3) is 0 Å². The molecule has 1 fully saturated rings. The summed E-state index contributed by atoms with van der Waals surface area (Å²) in [6, 6.07) is -0.432. The van der Waals surface area contributed by atoms with E-state index in [4.69, 9.17) is 5.73 Å². The van der Waals surface area contributed by atoms with Gasteiger partial charge in [0.2, 0.25) is 5.91 Å². The fraction of sp³-hybridized carbons (Fsp3) is 0.600. The molecule has 0 bridgehead atoms. The Bertz CT molecular complexity index is 365. The lowest BCUT2D eigenvalue weighted by Gasteiger charge is -2.06. The van der Waals surface area contributed by atoms with Gasteiger partial charge in [-0.25, -0.2) is 4.98 Å². The molecule has 6 heteroatoms. The Morgan fingerprint density at radius 3 is 3.00 bits per heavy atom. The van der Waals surface area contributed by atoms with Gasteiger partial charge in [0.15, 0.2) is 5.13 Å². The van der Waals surface area contributed by atoms with Gasteiger partial charge in [-0.1, -0.05) is 6.92 Å². The molecule has 0 radical (unpaired) electrons. The molecule has 1 heterocycles. The average Bonchev–Trinajstić information content (AvgIpc) is 2.99. The maximum Gasteiger partial charge on any atom is 0.243 e. The number of aromatic nitrogens is 1. The largest absolute Gasteiger partial charge is 0.320 e. The second kappa shape index (κ2) is 5.61. The zero-order valence-electron chi connectivity index (χ0n) is 9.10. The first-order valence-electron chi connectivity index (χ1n) is 5.22. The molecule has 0 aromatic carbocycles. The van der Waals surface area contributed by atoms with Crippen molar-refractivity contribution in [3.8, 4) is 0 Å². The summed E-state index contributed by atoms with van der Waals surface area (Å²) in [5.74, 6) is 0.487. The molecule has 90 valence electrons. The first-order chi connectivity index (χ1) is 7.20. The minimum absolute atomic E-state index is 0. The highest BCUT2D eigenvalue weighted by Gasteiger charge is 2.26. The Labute approximate surface area is 105 Å². The van der Waals surface area contributed by atoms with Crippen LogP contribution in [0.3, 0.4) is 0 Å². The van der Waals surface area contributed by atoms with Crippen LogP contribution in [0.4, 0.5) is 5.13 Å². The van der Waals surface area contributed by atoms with E-state index in [2.05, 4.69) is 10.3 Å². The molecule has 2 rings (SSSR count). The van der Waals surface area contributed by atoms with Crippen LogP contribution in [0.1, 0.15) is 37.8 Å². The summed E-state index contributed by atoms with van der Waals surface area (Å²) >= 11 is 1.48. The molecule has 1 amide bonds. The molecule has 1 aromatic rings. The third-order valence-corrected chi connectivity index (χ3v) is 3.30. The molecule has 4 nitrogen and oxygen atoms in total. The predicted octanol–water partition coefficient (Wildman–Crippen LogP) is 2.12. The highest BCUT2D eigenvalue weighted by molar-refractivity contribution is 7.13. The Morgan fingerprint density at radius 1 is 1.75 bits per heavy atom. The number of hydrogen-bond donors (Lipinski definition) is 2. The zero-order valence-corrected chi connectivity index (χ0v) is 10.7. The van der Waals surface area contributed by atoms with Gasteiger partial charge in [0.25, 0.3) is 0 Å². The van der Waals surface area contributed by atoms with E-state index >= 15 is 0 Å². The number of amides is 1. The lowest BCUT2D eigenvalue weighted by atomic mass is 10.2. The second-order valence-corrected chi connectivity index (χ2v) is 4.71. The molecule has 1 atom stereocenters. The number of nitrogens with zero attached hydrogens (tertiary/aromatic N) is 1. The van der Waals surface area contributed by atoms with Crippen molar-refractivity contribution in [2.75, 3.05) is 5.32 Å². The van der Waals surface area contributed by atoms with Crippen LogP contribution in [0.2, 0.25) is 0 Å². The van der Waals surface area contributed by atoms with Gasteiger partial charge in [-0.3, -0.25) is 4.79 Å². The van der Waals surface area contributed by atoms with Crippen molar-refractivity contribution in [1.29, 1.82) is 0 Å². The number of nitrogens with two attached hydrogens (primary N) is 1. The highest BCUT2D eigenvalue weighted by atomic mass is 35.5. The van der Waals surface area contributed by atoms with Crippen LogP contribution in [0, 0.1) is 0 Å². The molecule has 1 aliphatic rings. The van der Waals surface area contributed by atoms with E-state index < -0.39 is 6.04 Å². The van der Waals surface area contributed by atoms with Gasteiger partial charge >= 0.3 is 0 Å². The molecule has 0 spiro atoms. The van der Waals surface area contributed by atoms with Crippen molar-refractivity contribution < 1.29 is 4.79 Å². The van der Waals surface area contributed by atoms with E-state index in [0.29, 0.717) is 17.5 Å². The van der Waals surface area contributed by atoms with Crippen LogP contribution < -0.4 is 11.1 Å². The number of carbonyl (C=O) groups excluding carboxylic acids is 1. The lowest BCUT2D eigenvalue weighted by Crippen LogP contribution is -2.34. The van der Waals surface area contributed by atoms with Crippen LogP contribution in [-0.4, -0.2) is 16.9 Å². The van der Waals surface area contributed by atoms with Gasteiger partial charge in [0, 0.05) is 11.3 Å². The van der Waals surface area contributed by atoms with Crippen LogP contribution in [-0.2, 0) is 4.79 Å². The minimum atomic E-state index is -0.432. The zero-order chi connectivity index (χ0) is 10.8. The molecule has 0 aliphatic heterocycles. The third-order valence-electron chi connectivity index (χ3n) is 2.52. The summed E-state index contributed by atoms with van der Waals surface area (Å²) in [6.07, 6.45) is 3.10. The number of anilines is 1. The van der Waals surface area contributed by atoms with Gasteiger partial charge < -0.3 is 11.1 Å². The Balaban J connectivity index is 0.00000128. The average molecular weight is 262 g/mol. The fourth-order valence-corrected chi connectivity index (χ4v) is 2.09. The monoisotopic (exact) mass is 261 g/mol. The summed E-state index contributed by atoms with van der Waals surface area (Å²) in [6.45, 7) is 1.89. The summed E-state index contributed by atoms with van der Waals surface area (Å²) in [4.78, 5) is 15.8. The van der Waals surface area contributed by atoms with Crippen molar-refractivity contribution in [3.05, 3.63) is 11.1 Å². The molecule has 3 N–H and O–H groups in total. The maximum absolute atomic E-state index is 11.5. The van der Waals surface area contributed by atoms with Crippen molar-refractivity contribution in [1.82, 2.24) is 4.98 Å². The van der Waals surface area contributed by atoms with E-state index in [0.717, 1.165) is 5.69 Å². The topological polar surface area (TPSA) is 68.0 Å². The highest BCUT2D eigenvalue weighted by Crippen LogP contribution is 2.40. The Kier molecular flexibility index (Phi) is 4.70. The molecule has 0 saturated heterocycles. The third kappa shape index (κ3) is 3.17. The summed E-state index contributed by atoms with van der Waals surface area (Å²) in [5, 5.41) is 5.43.